The fourth-order valence-electron chi connectivity index (χ4n) is 2.78. The van der Waals surface area contributed by atoms with Crippen molar-refractivity contribution in [3.05, 3.63) is 63.0 Å². The van der Waals surface area contributed by atoms with E-state index in [0.717, 1.165) is 11.8 Å². The summed E-state index contributed by atoms with van der Waals surface area (Å²) >= 11 is 6.36. The number of amides is 2. The number of carbonyl (C=O) groups excluding carboxylic acids is 2. The first kappa shape index (κ1) is 22.2. The molecule has 1 atom stereocenters. The summed E-state index contributed by atoms with van der Waals surface area (Å²) < 4.78 is 5.30. The Balaban J connectivity index is 1.75. The number of thioether (sulfide) groups is 1. The minimum Gasteiger partial charge on any atom is -0.504 e. The lowest BCUT2D eigenvalue weighted by molar-refractivity contribution is -0.384. The molecule has 0 saturated carbocycles. The molecule has 0 aliphatic carbocycles. The van der Waals surface area contributed by atoms with Crippen LogP contribution < -0.4 is 10.1 Å². The first-order chi connectivity index (χ1) is 14.7. The second kappa shape index (κ2) is 9.14. The summed E-state index contributed by atoms with van der Waals surface area (Å²) in [6, 6.07) is 9.11. The van der Waals surface area contributed by atoms with E-state index in [-0.39, 0.29) is 21.5 Å². The van der Waals surface area contributed by atoms with E-state index in [0.29, 0.717) is 16.2 Å². The number of hydrogen-bond donors (Lipinski definition) is 2. The monoisotopic (exact) mass is 459 g/mol. The number of thiocarbonyl (C=S) groups is 1. The molecule has 1 aliphatic heterocycles. The predicted octanol–water partition coefficient (Wildman–Crippen LogP) is 3.54. The Hall–Kier alpha value is -3.44. The average molecular weight is 460 g/mol. The van der Waals surface area contributed by atoms with Crippen molar-refractivity contribution in [2.24, 2.45) is 0 Å². The maximum absolute atomic E-state index is 12.9. The number of benzene rings is 2. The highest BCUT2D eigenvalue weighted by Crippen LogP contribution is 2.35. The molecule has 0 spiro atoms. The van der Waals surface area contributed by atoms with Crippen molar-refractivity contribution in [3.8, 4) is 11.5 Å². The minimum atomic E-state index is -0.900. The van der Waals surface area contributed by atoms with Gasteiger partial charge in [0.2, 0.25) is 5.91 Å². The van der Waals surface area contributed by atoms with Crippen LogP contribution in [0.1, 0.15) is 12.5 Å². The molecule has 3 rings (SSSR count). The molecule has 0 bridgehead atoms. The van der Waals surface area contributed by atoms with Crippen LogP contribution in [0.25, 0.3) is 6.08 Å². The van der Waals surface area contributed by atoms with Gasteiger partial charge in [-0.15, -0.1) is 0 Å². The van der Waals surface area contributed by atoms with Gasteiger partial charge in [-0.2, -0.15) is 0 Å². The third-order valence-corrected chi connectivity index (χ3v) is 5.77. The molecule has 160 valence electrons. The molecule has 11 heteroatoms. The molecular weight excluding hydrogens is 442 g/mol. The largest absolute Gasteiger partial charge is 0.504 e. The van der Waals surface area contributed by atoms with Crippen molar-refractivity contribution < 1.29 is 24.4 Å². The molecule has 2 amide bonds. The van der Waals surface area contributed by atoms with E-state index in [2.05, 4.69) is 5.32 Å². The Bertz CT molecular complexity index is 1100. The molecule has 2 N–H and O–H groups in total. The van der Waals surface area contributed by atoms with Crippen LogP contribution in [0, 0.1) is 10.1 Å². The van der Waals surface area contributed by atoms with E-state index in [4.69, 9.17) is 17.0 Å². The molecule has 9 nitrogen and oxygen atoms in total. The third kappa shape index (κ3) is 4.84. The number of anilines is 1. The fourth-order valence-corrected chi connectivity index (χ4v) is 4.20. The van der Waals surface area contributed by atoms with Gasteiger partial charge in [0.25, 0.3) is 11.6 Å². The van der Waals surface area contributed by atoms with Gasteiger partial charge in [-0.25, -0.2) is 0 Å². The van der Waals surface area contributed by atoms with Gasteiger partial charge in [0.05, 0.1) is 16.9 Å². The van der Waals surface area contributed by atoms with Crippen LogP contribution in [-0.2, 0) is 9.59 Å². The topological polar surface area (TPSA) is 122 Å². The number of nitrogens with zero attached hydrogens (tertiary/aromatic N) is 2. The van der Waals surface area contributed by atoms with Crippen LogP contribution in [0.2, 0.25) is 0 Å². The number of phenolic OH excluding ortho intramolecular Hbond substituents is 1. The van der Waals surface area contributed by atoms with Crippen molar-refractivity contribution in [1.82, 2.24) is 4.90 Å². The lowest BCUT2D eigenvalue weighted by atomic mass is 10.1. The second-order valence-corrected chi connectivity index (χ2v) is 8.13. The molecule has 2 aromatic rings. The van der Waals surface area contributed by atoms with Gasteiger partial charge in [-0.3, -0.25) is 24.6 Å². The highest BCUT2D eigenvalue weighted by Gasteiger charge is 2.38. The average Bonchev–Trinajstić information content (AvgIpc) is 3.02. The van der Waals surface area contributed by atoms with E-state index in [1.54, 1.807) is 18.2 Å². The number of carbonyl (C=O) groups is 2. The van der Waals surface area contributed by atoms with E-state index in [1.807, 2.05) is 0 Å². The first-order valence-electron chi connectivity index (χ1n) is 8.90. The maximum atomic E-state index is 12.9. The van der Waals surface area contributed by atoms with Crippen molar-refractivity contribution in [2.75, 3.05) is 12.4 Å². The molecular formula is C20H17N3O6S2. The molecule has 1 heterocycles. The third-order valence-electron chi connectivity index (χ3n) is 4.44. The van der Waals surface area contributed by atoms with Gasteiger partial charge in [-0.05, 0) is 42.8 Å². The lowest BCUT2D eigenvalue weighted by Gasteiger charge is -2.22. The van der Waals surface area contributed by atoms with E-state index >= 15 is 0 Å². The normalized spacial score (nSPS) is 15.8. The van der Waals surface area contributed by atoms with Gasteiger partial charge >= 0.3 is 0 Å². The summed E-state index contributed by atoms with van der Waals surface area (Å²) in [5.74, 6) is -0.671. The molecule has 1 saturated heterocycles. The molecule has 1 fully saturated rings. The van der Waals surface area contributed by atoms with Gasteiger partial charge < -0.3 is 15.2 Å². The van der Waals surface area contributed by atoms with E-state index < -0.39 is 22.8 Å². The highest BCUT2D eigenvalue weighted by atomic mass is 32.2. The molecule has 2 aromatic carbocycles. The van der Waals surface area contributed by atoms with Gasteiger partial charge in [0, 0.05) is 17.8 Å². The second-order valence-electron chi connectivity index (χ2n) is 6.45. The summed E-state index contributed by atoms with van der Waals surface area (Å²) in [5, 5.41) is 23.1. The van der Waals surface area contributed by atoms with Crippen LogP contribution >= 0.6 is 24.0 Å². The summed E-state index contributed by atoms with van der Waals surface area (Å²) in [6.45, 7) is 1.54. The summed E-state index contributed by atoms with van der Waals surface area (Å²) in [4.78, 5) is 37.2. The lowest BCUT2D eigenvalue weighted by Crippen LogP contribution is -2.44. The summed E-state index contributed by atoms with van der Waals surface area (Å²) in [6.07, 6.45) is 1.60. The van der Waals surface area contributed by atoms with Gasteiger partial charge in [0.15, 0.2) is 11.5 Å². The quantitative estimate of drug-likeness (QED) is 0.291. The zero-order chi connectivity index (χ0) is 22.7. The maximum Gasteiger partial charge on any atom is 0.269 e. The van der Waals surface area contributed by atoms with Crippen molar-refractivity contribution in [1.29, 1.82) is 0 Å². The van der Waals surface area contributed by atoms with Gasteiger partial charge in [-0.1, -0.05) is 30.0 Å². The van der Waals surface area contributed by atoms with E-state index in [1.165, 1.54) is 49.3 Å². The minimum absolute atomic E-state index is 0.0243. The number of ether oxygens (including phenoxy) is 1. The van der Waals surface area contributed by atoms with Crippen LogP contribution in [0.3, 0.4) is 0 Å². The summed E-state index contributed by atoms with van der Waals surface area (Å²) in [7, 11) is 1.42. The van der Waals surface area contributed by atoms with Crippen LogP contribution in [0.4, 0.5) is 11.4 Å². The number of nitro groups is 1. The standard InChI is InChI=1S/C20H17N3O6S2/c1-11(18(25)21-13-4-6-14(7-5-13)23(27)28)22-19(26)17(31-20(22)30)10-12-3-8-15(24)16(9-12)29-2/h3-11,24H,1-2H3,(H,21,25)/b17-10-. The zero-order valence-electron chi connectivity index (χ0n) is 16.4. The van der Waals surface area contributed by atoms with Crippen molar-refractivity contribution in [2.45, 2.75) is 13.0 Å². The van der Waals surface area contributed by atoms with Crippen LogP contribution in [0.5, 0.6) is 11.5 Å². The Morgan fingerprint density at radius 3 is 2.61 bits per heavy atom. The fraction of sp³-hybridized carbons (Fsp3) is 0.150. The Kier molecular flexibility index (Phi) is 6.56. The van der Waals surface area contributed by atoms with Crippen molar-refractivity contribution >= 4 is 57.6 Å². The number of nitro benzene ring substituents is 1. The highest BCUT2D eigenvalue weighted by molar-refractivity contribution is 8.26. The molecule has 1 aliphatic rings. The molecule has 0 radical (unpaired) electrons. The molecule has 0 aromatic heterocycles. The Morgan fingerprint density at radius 1 is 1.32 bits per heavy atom. The summed E-state index contributed by atoms with van der Waals surface area (Å²) in [5.41, 5.74) is 0.886. The predicted molar refractivity (Wildman–Crippen MR) is 121 cm³/mol. The number of phenols is 1. The van der Waals surface area contributed by atoms with E-state index in [9.17, 15) is 24.8 Å². The molecule has 31 heavy (non-hydrogen) atoms. The number of rotatable bonds is 6. The number of methoxy groups -OCH3 is 1. The van der Waals surface area contributed by atoms with Crippen molar-refractivity contribution in [3.63, 3.8) is 0 Å². The number of non-ortho nitro benzene ring substituents is 1. The zero-order valence-corrected chi connectivity index (χ0v) is 18.0. The smallest absolute Gasteiger partial charge is 0.269 e. The van der Waals surface area contributed by atoms with Crippen LogP contribution in [0.15, 0.2) is 47.4 Å². The number of nitrogens with one attached hydrogen (secondary N) is 1. The first-order valence-corrected chi connectivity index (χ1v) is 10.1. The van der Waals surface area contributed by atoms with Gasteiger partial charge in [0.1, 0.15) is 10.4 Å². The Labute approximate surface area is 186 Å². The SMILES string of the molecule is COc1cc(/C=C2\SC(=S)N(C(C)C(=O)Nc3ccc([N+](=O)[O-])cc3)C2=O)ccc1O. The Morgan fingerprint density at radius 2 is 2.00 bits per heavy atom. The van der Waals surface area contributed by atoms with Crippen LogP contribution in [-0.4, -0.2) is 44.2 Å². The molecule has 1 unspecified atom stereocenters. The number of aromatic hydroxyl groups is 1. The number of hydrogen-bond acceptors (Lipinski definition) is 8.